The number of hydrogen-bond donors (Lipinski definition) is 1. The molecule has 0 unspecified atom stereocenters. The van der Waals surface area contributed by atoms with Gasteiger partial charge in [-0.25, -0.2) is 0 Å². The zero-order valence-electron chi connectivity index (χ0n) is 23.6. The third-order valence-electron chi connectivity index (χ3n) is 8.11. The molecule has 0 bridgehead atoms. The van der Waals surface area contributed by atoms with Gasteiger partial charge in [-0.05, 0) is 61.1 Å². The summed E-state index contributed by atoms with van der Waals surface area (Å²) >= 11 is 0. The number of nitrogens with zero attached hydrogens (tertiary/aromatic N) is 3. The van der Waals surface area contributed by atoms with E-state index in [4.69, 9.17) is 4.74 Å². The van der Waals surface area contributed by atoms with Gasteiger partial charge in [-0.2, -0.15) is 0 Å². The van der Waals surface area contributed by atoms with E-state index in [1.807, 2.05) is 71.6 Å². The van der Waals surface area contributed by atoms with Gasteiger partial charge in [-0.1, -0.05) is 49.4 Å². The third kappa shape index (κ3) is 6.58. The van der Waals surface area contributed by atoms with Crippen LogP contribution < -0.4 is 19.9 Å². The third-order valence-corrected chi connectivity index (χ3v) is 8.11. The number of para-hydroxylation sites is 2. The fraction of sp³-hybridized carbons (Fsp3) is 0.394. The van der Waals surface area contributed by atoms with E-state index in [1.165, 1.54) is 0 Å². The Balaban J connectivity index is 1.32. The van der Waals surface area contributed by atoms with Crippen LogP contribution in [-0.2, 0) is 11.2 Å². The number of hydrogen-bond acceptors (Lipinski definition) is 5. The lowest BCUT2D eigenvalue weighted by Gasteiger charge is -2.39. The SMILES string of the molecule is COc1ccccc1N1CCN(c2ccc(NC(=O)CCc3ccccc3)cc2C(=O)N2CCC(C)CC2)CC1. The van der Waals surface area contributed by atoms with Gasteiger partial charge in [0.1, 0.15) is 5.75 Å². The number of piperazine rings is 1. The summed E-state index contributed by atoms with van der Waals surface area (Å²) in [4.78, 5) is 33.2. The lowest BCUT2D eigenvalue weighted by Crippen LogP contribution is -2.47. The Morgan fingerprint density at radius 2 is 1.48 bits per heavy atom. The normalized spacial score (nSPS) is 16.1. The van der Waals surface area contributed by atoms with Crippen molar-refractivity contribution >= 4 is 28.9 Å². The Labute approximate surface area is 237 Å². The van der Waals surface area contributed by atoms with Gasteiger partial charge in [0, 0.05) is 57.1 Å². The average molecular weight is 541 g/mol. The highest BCUT2D eigenvalue weighted by Crippen LogP contribution is 2.32. The fourth-order valence-corrected chi connectivity index (χ4v) is 5.65. The van der Waals surface area contributed by atoms with Crippen molar-refractivity contribution in [2.75, 3.05) is 61.5 Å². The number of piperidine rings is 1. The molecule has 2 heterocycles. The van der Waals surface area contributed by atoms with E-state index in [0.717, 1.165) is 74.8 Å². The summed E-state index contributed by atoms with van der Waals surface area (Å²) in [5.41, 5.74) is 4.50. The zero-order valence-corrected chi connectivity index (χ0v) is 23.6. The predicted molar refractivity (Wildman–Crippen MR) is 162 cm³/mol. The molecule has 2 fully saturated rings. The second kappa shape index (κ2) is 12.9. The summed E-state index contributed by atoms with van der Waals surface area (Å²) in [6, 6.07) is 23.9. The van der Waals surface area contributed by atoms with E-state index >= 15 is 0 Å². The van der Waals surface area contributed by atoms with Crippen LogP contribution in [0.15, 0.2) is 72.8 Å². The first kappa shape index (κ1) is 27.6. The van der Waals surface area contributed by atoms with Crippen molar-refractivity contribution in [1.82, 2.24) is 4.90 Å². The van der Waals surface area contributed by atoms with Crippen molar-refractivity contribution in [1.29, 1.82) is 0 Å². The lowest BCUT2D eigenvalue weighted by molar-refractivity contribution is -0.116. The number of anilines is 3. The van der Waals surface area contributed by atoms with E-state index in [-0.39, 0.29) is 11.8 Å². The Morgan fingerprint density at radius 1 is 0.825 bits per heavy atom. The molecule has 0 spiro atoms. The first-order valence-corrected chi connectivity index (χ1v) is 14.4. The van der Waals surface area contributed by atoms with Crippen LogP contribution in [-0.4, -0.2) is 63.1 Å². The fourth-order valence-electron chi connectivity index (χ4n) is 5.65. The molecule has 7 nitrogen and oxygen atoms in total. The van der Waals surface area contributed by atoms with Crippen molar-refractivity contribution in [3.63, 3.8) is 0 Å². The molecule has 1 N–H and O–H groups in total. The number of rotatable bonds is 8. The summed E-state index contributed by atoms with van der Waals surface area (Å²) in [5.74, 6) is 1.52. The van der Waals surface area contributed by atoms with Gasteiger partial charge in [-0.15, -0.1) is 0 Å². The van der Waals surface area contributed by atoms with Crippen molar-refractivity contribution in [2.24, 2.45) is 5.92 Å². The number of benzene rings is 3. The average Bonchev–Trinajstić information content (AvgIpc) is 3.00. The first-order valence-electron chi connectivity index (χ1n) is 14.4. The minimum absolute atomic E-state index is 0.0489. The number of nitrogens with one attached hydrogen (secondary N) is 1. The number of aryl methyl sites for hydroxylation is 1. The number of ether oxygens (including phenoxy) is 1. The molecule has 5 rings (SSSR count). The summed E-state index contributed by atoms with van der Waals surface area (Å²) in [6.45, 7) is 7.03. The molecule has 7 heteroatoms. The van der Waals surface area contributed by atoms with Gasteiger partial charge in [0.25, 0.3) is 5.91 Å². The van der Waals surface area contributed by atoms with Gasteiger partial charge < -0.3 is 24.8 Å². The Bertz CT molecular complexity index is 1300. The predicted octanol–water partition coefficient (Wildman–Crippen LogP) is 5.47. The monoisotopic (exact) mass is 540 g/mol. The number of carbonyl (C=O) groups is 2. The molecule has 2 saturated heterocycles. The van der Waals surface area contributed by atoms with Crippen molar-refractivity contribution in [2.45, 2.75) is 32.6 Å². The quantitative estimate of drug-likeness (QED) is 0.411. The molecule has 0 radical (unpaired) electrons. The Morgan fingerprint density at radius 3 is 2.17 bits per heavy atom. The second-order valence-electron chi connectivity index (χ2n) is 10.9. The number of methoxy groups -OCH3 is 1. The Hall–Kier alpha value is -4.00. The van der Waals surface area contributed by atoms with E-state index in [1.54, 1.807) is 7.11 Å². The van der Waals surface area contributed by atoms with Crippen LogP contribution in [0.3, 0.4) is 0 Å². The van der Waals surface area contributed by atoms with Gasteiger partial charge in [0.05, 0.1) is 18.4 Å². The summed E-state index contributed by atoms with van der Waals surface area (Å²) in [6.07, 6.45) is 3.12. The molecule has 210 valence electrons. The molecule has 0 aliphatic carbocycles. The largest absolute Gasteiger partial charge is 0.495 e. The molecule has 2 aliphatic rings. The van der Waals surface area contributed by atoms with Crippen LogP contribution in [0.5, 0.6) is 5.75 Å². The number of amides is 2. The molecular weight excluding hydrogens is 500 g/mol. The molecule has 0 saturated carbocycles. The highest BCUT2D eigenvalue weighted by atomic mass is 16.5. The minimum atomic E-state index is -0.0489. The molecule has 3 aromatic rings. The maximum absolute atomic E-state index is 13.8. The van der Waals surface area contributed by atoms with Gasteiger partial charge >= 0.3 is 0 Å². The highest BCUT2D eigenvalue weighted by molar-refractivity contribution is 6.02. The molecule has 0 aromatic heterocycles. The van der Waals surface area contributed by atoms with Crippen LogP contribution in [0.4, 0.5) is 17.1 Å². The second-order valence-corrected chi connectivity index (χ2v) is 10.9. The molecule has 40 heavy (non-hydrogen) atoms. The van der Waals surface area contributed by atoms with E-state index in [2.05, 4.69) is 28.1 Å². The maximum Gasteiger partial charge on any atom is 0.256 e. The summed E-state index contributed by atoms with van der Waals surface area (Å²) in [7, 11) is 1.70. The maximum atomic E-state index is 13.8. The smallest absolute Gasteiger partial charge is 0.256 e. The van der Waals surface area contributed by atoms with Crippen LogP contribution >= 0.6 is 0 Å². The molecular formula is C33H40N4O3. The van der Waals surface area contributed by atoms with Crippen molar-refractivity contribution in [3.05, 3.63) is 83.9 Å². The van der Waals surface area contributed by atoms with Crippen molar-refractivity contribution in [3.8, 4) is 5.75 Å². The molecule has 0 atom stereocenters. The van der Waals surface area contributed by atoms with Crippen LogP contribution in [0, 0.1) is 5.92 Å². The van der Waals surface area contributed by atoms with Crippen molar-refractivity contribution < 1.29 is 14.3 Å². The van der Waals surface area contributed by atoms with Gasteiger partial charge in [0.2, 0.25) is 5.91 Å². The van der Waals surface area contributed by atoms with Gasteiger partial charge in [0.15, 0.2) is 0 Å². The number of carbonyl (C=O) groups excluding carboxylic acids is 2. The Kier molecular flexibility index (Phi) is 8.89. The first-order chi connectivity index (χ1) is 19.5. The molecule has 3 aromatic carbocycles. The van der Waals surface area contributed by atoms with Crippen LogP contribution in [0.2, 0.25) is 0 Å². The van der Waals surface area contributed by atoms with E-state index in [9.17, 15) is 9.59 Å². The van der Waals surface area contributed by atoms with Gasteiger partial charge in [-0.3, -0.25) is 9.59 Å². The lowest BCUT2D eigenvalue weighted by atomic mass is 9.98. The zero-order chi connectivity index (χ0) is 27.9. The minimum Gasteiger partial charge on any atom is -0.495 e. The summed E-state index contributed by atoms with van der Waals surface area (Å²) < 4.78 is 5.58. The van der Waals surface area contributed by atoms with E-state index in [0.29, 0.717) is 30.0 Å². The molecule has 2 aliphatic heterocycles. The number of likely N-dealkylation sites (tertiary alicyclic amines) is 1. The van der Waals surface area contributed by atoms with Crippen LogP contribution in [0.1, 0.15) is 42.1 Å². The summed E-state index contributed by atoms with van der Waals surface area (Å²) in [5, 5.41) is 3.04. The standard InChI is InChI=1S/C33H40N4O3/c1-25-16-18-37(19-17-25)33(39)28-24-27(34-32(38)15-12-26-8-4-3-5-9-26)13-14-29(28)35-20-22-36(23-21-35)30-10-6-7-11-31(30)40-2/h3-11,13-14,24-25H,12,15-23H2,1-2H3,(H,34,38). The topological polar surface area (TPSA) is 65.1 Å². The highest BCUT2D eigenvalue weighted by Gasteiger charge is 2.27. The van der Waals surface area contributed by atoms with E-state index < -0.39 is 0 Å². The van der Waals surface area contributed by atoms with Crippen LogP contribution in [0.25, 0.3) is 0 Å². The molecule has 2 amide bonds.